The molecule has 0 radical (unpaired) electrons. The molecule has 1 amide bonds. The Bertz CT molecular complexity index is 1150. The standard InChI is InChI=1S/C23H20Cl3F3N2O2S/c1-12-4-14(2-3-16(12)21(32)30-8-13-9-34(33)10-13)19-7-22(11-31-19,23(27,28)29)15-5-17(24)20(26)18(25)6-15/h2-6,13H,7-11H2,1H3,(H,30,32). The molecule has 2 aromatic rings. The number of hydrogen-bond acceptors (Lipinski definition) is 3. The molecule has 1 fully saturated rings. The number of nitrogens with one attached hydrogen (secondary N) is 1. The first-order chi connectivity index (χ1) is 15.9. The minimum Gasteiger partial charge on any atom is -0.616 e. The van der Waals surface area contributed by atoms with Crippen LogP contribution in [0.5, 0.6) is 0 Å². The number of aliphatic imine (C=N–C) groups is 1. The summed E-state index contributed by atoms with van der Waals surface area (Å²) in [7, 11) is 0. The van der Waals surface area contributed by atoms with Crippen LogP contribution < -0.4 is 5.32 Å². The molecule has 2 heterocycles. The third-order valence-electron chi connectivity index (χ3n) is 6.29. The molecule has 2 aliphatic heterocycles. The van der Waals surface area contributed by atoms with Crippen molar-refractivity contribution >= 4 is 57.6 Å². The first kappa shape index (κ1) is 25.6. The van der Waals surface area contributed by atoms with Gasteiger partial charge in [0.2, 0.25) is 0 Å². The minimum absolute atomic E-state index is 0.00129. The van der Waals surface area contributed by atoms with Crippen molar-refractivity contribution in [3.05, 3.63) is 67.7 Å². The molecule has 4 nitrogen and oxygen atoms in total. The van der Waals surface area contributed by atoms with Crippen molar-refractivity contribution < 1.29 is 22.5 Å². The number of benzene rings is 2. The second-order valence-corrected chi connectivity index (χ2v) is 11.4. The number of aryl methyl sites for hydroxylation is 1. The largest absolute Gasteiger partial charge is 0.616 e. The lowest BCUT2D eigenvalue weighted by Gasteiger charge is -2.32. The van der Waals surface area contributed by atoms with Crippen molar-refractivity contribution in [2.75, 3.05) is 24.6 Å². The van der Waals surface area contributed by atoms with Crippen LogP contribution in [0.25, 0.3) is 0 Å². The van der Waals surface area contributed by atoms with Gasteiger partial charge in [-0.25, -0.2) is 0 Å². The van der Waals surface area contributed by atoms with E-state index in [-0.39, 0.29) is 38.2 Å². The molecular weight excluding hydrogens is 532 g/mol. The van der Waals surface area contributed by atoms with Gasteiger partial charge in [0.15, 0.2) is 0 Å². The van der Waals surface area contributed by atoms with Crippen molar-refractivity contribution in [2.24, 2.45) is 10.9 Å². The molecular formula is C23H20Cl3F3N2O2S. The smallest absolute Gasteiger partial charge is 0.400 e. The monoisotopic (exact) mass is 550 g/mol. The molecule has 0 saturated carbocycles. The molecule has 0 spiro atoms. The summed E-state index contributed by atoms with van der Waals surface area (Å²) in [6.45, 7) is 1.66. The van der Waals surface area contributed by atoms with Gasteiger partial charge in [-0.1, -0.05) is 52.0 Å². The second kappa shape index (κ2) is 9.54. The van der Waals surface area contributed by atoms with Gasteiger partial charge >= 0.3 is 6.18 Å². The number of rotatable bonds is 5. The van der Waals surface area contributed by atoms with E-state index in [0.717, 1.165) is 0 Å². The van der Waals surface area contributed by atoms with Crippen molar-refractivity contribution in [3.63, 3.8) is 0 Å². The molecule has 0 aromatic heterocycles. The molecule has 1 N–H and O–H groups in total. The Morgan fingerprint density at radius 3 is 2.41 bits per heavy atom. The van der Waals surface area contributed by atoms with E-state index in [1.54, 1.807) is 25.1 Å². The highest BCUT2D eigenvalue weighted by atomic mass is 35.5. The van der Waals surface area contributed by atoms with Crippen LogP contribution in [0, 0.1) is 12.8 Å². The summed E-state index contributed by atoms with van der Waals surface area (Å²) < 4.78 is 54.2. The highest BCUT2D eigenvalue weighted by Crippen LogP contribution is 2.49. The quantitative estimate of drug-likeness (QED) is 0.380. The predicted octanol–water partition coefficient (Wildman–Crippen LogP) is 5.76. The van der Waals surface area contributed by atoms with E-state index in [2.05, 4.69) is 10.3 Å². The molecule has 1 saturated heterocycles. The van der Waals surface area contributed by atoms with E-state index in [1.165, 1.54) is 12.1 Å². The lowest BCUT2D eigenvalue weighted by molar-refractivity contribution is -0.183. The van der Waals surface area contributed by atoms with Crippen molar-refractivity contribution in [1.29, 1.82) is 0 Å². The van der Waals surface area contributed by atoms with E-state index in [9.17, 15) is 22.5 Å². The fourth-order valence-corrected chi connectivity index (χ4v) is 6.01. The summed E-state index contributed by atoms with van der Waals surface area (Å²) in [4.78, 5) is 16.8. The second-order valence-electron chi connectivity index (χ2n) is 8.65. The van der Waals surface area contributed by atoms with E-state index in [0.29, 0.717) is 34.7 Å². The van der Waals surface area contributed by atoms with Gasteiger partial charge in [0.05, 0.1) is 27.5 Å². The predicted molar refractivity (Wildman–Crippen MR) is 130 cm³/mol. The van der Waals surface area contributed by atoms with Crippen LogP contribution in [0.15, 0.2) is 35.3 Å². The normalized spacial score (nSPS) is 24.5. The molecule has 4 rings (SSSR count). The number of carbonyl (C=O) groups is 1. The van der Waals surface area contributed by atoms with E-state index >= 15 is 0 Å². The fraction of sp³-hybridized carbons (Fsp3) is 0.391. The SMILES string of the molecule is Cc1cc(C2=NCC(c3cc(Cl)c(Cl)c(Cl)c3)(C(F)(F)F)C2)ccc1C(=O)NCC1C[S+]([O-])C1. The molecule has 11 heteroatoms. The molecule has 1 atom stereocenters. The first-order valence-electron chi connectivity index (χ1n) is 10.4. The Kier molecular flexibility index (Phi) is 7.20. The molecule has 0 aliphatic carbocycles. The maximum absolute atomic E-state index is 14.3. The van der Waals surface area contributed by atoms with E-state index < -0.39 is 35.7 Å². The number of hydrogen-bond donors (Lipinski definition) is 1. The maximum Gasteiger partial charge on any atom is 0.400 e. The Morgan fingerprint density at radius 2 is 1.85 bits per heavy atom. The van der Waals surface area contributed by atoms with Crippen LogP contribution in [0.1, 0.15) is 33.5 Å². The zero-order valence-electron chi connectivity index (χ0n) is 17.9. The first-order valence-corrected chi connectivity index (χ1v) is 13.0. The van der Waals surface area contributed by atoms with Crippen molar-refractivity contribution in [2.45, 2.75) is 24.9 Å². The Balaban J connectivity index is 1.55. The highest BCUT2D eigenvalue weighted by molar-refractivity contribution is 7.92. The van der Waals surface area contributed by atoms with Crippen LogP contribution in [0.2, 0.25) is 15.1 Å². The maximum atomic E-state index is 14.3. The van der Waals surface area contributed by atoms with Crippen molar-refractivity contribution in [1.82, 2.24) is 5.32 Å². The summed E-state index contributed by atoms with van der Waals surface area (Å²) in [5.74, 6) is 1.11. The lowest BCUT2D eigenvalue weighted by atomic mass is 9.76. The zero-order chi connectivity index (χ0) is 24.8. The van der Waals surface area contributed by atoms with Gasteiger partial charge < -0.3 is 9.87 Å². The number of halogens is 6. The third kappa shape index (κ3) is 4.80. The molecule has 1 unspecified atom stereocenters. The number of carbonyl (C=O) groups excluding carboxylic acids is 1. The minimum atomic E-state index is -4.61. The molecule has 34 heavy (non-hydrogen) atoms. The number of amides is 1. The average Bonchev–Trinajstić information content (AvgIpc) is 3.20. The van der Waals surface area contributed by atoms with Gasteiger partial charge in [-0.3, -0.25) is 9.79 Å². The Morgan fingerprint density at radius 1 is 1.21 bits per heavy atom. The average molecular weight is 552 g/mol. The summed E-state index contributed by atoms with van der Waals surface area (Å²) >= 11 is 17.2. The summed E-state index contributed by atoms with van der Waals surface area (Å²) in [6.07, 6.45) is -5.01. The van der Waals surface area contributed by atoms with E-state index in [4.69, 9.17) is 34.8 Å². The van der Waals surface area contributed by atoms with Crippen LogP contribution >= 0.6 is 34.8 Å². The number of nitrogens with zero attached hydrogens (tertiary/aromatic N) is 1. The summed E-state index contributed by atoms with van der Waals surface area (Å²) in [6, 6.07) is 7.25. The fourth-order valence-electron chi connectivity index (χ4n) is 4.23. The highest BCUT2D eigenvalue weighted by Gasteiger charge is 2.58. The van der Waals surface area contributed by atoms with Crippen LogP contribution in [0.4, 0.5) is 13.2 Å². The molecule has 2 aliphatic rings. The zero-order valence-corrected chi connectivity index (χ0v) is 21.0. The lowest BCUT2D eigenvalue weighted by Crippen LogP contribution is -2.44. The molecule has 182 valence electrons. The van der Waals surface area contributed by atoms with Gasteiger partial charge in [-0.2, -0.15) is 13.2 Å². The Labute approximate surface area is 213 Å². The van der Waals surface area contributed by atoms with Gasteiger partial charge in [-0.15, -0.1) is 0 Å². The van der Waals surface area contributed by atoms with Gasteiger partial charge in [0.1, 0.15) is 16.9 Å². The summed E-state index contributed by atoms with van der Waals surface area (Å²) in [5.41, 5.74) is -0.527. The Hall–Kier alpha value is -1.45. The summed E-state index contributed by atoms with van der Waals surface area (Å²) in [5, 5.41) is 2.72. The van der Waals surface area contributed by atoms with Gasteiger partial charge in [0, 0.05) is 24.2 Å². The topological polar surface area (TPSA) is 64.5 Å². The van der Waals surface area contributed by atoms with E-state index in [1.807, 2.05) is 0 Å². The van der Waals surface area contributed by atoms with Crippen LogP contribution in [-0.4, -0.2) is 46.9 Å². The van der Waals surface area contributed by atoms with Crippen LogP contribution in [0.3, 0.4) is 0 Å². The van der Waals surface area contributed by atoms with Gasteiger partial charge in [0.25, 0.3) is 5.91 Å². The van der Waals surface area contributed by atoms with Gasteiger partial charge in [-0.05, 0) is 47.9 Å². The third-order valence-corrected chi connectivity index (χ3v) is 9.17. The van der Waals surface area contributed by atoms with Crippen LogP contribution in [-0.2, 0) is 16.6 Å². The molecule has 2 aromatic carbocycles. The van der Waals surface area contributed by atoms with Crippen molar-refractivity contribution in [3.8, 4) is 0 Å². The number of alkyl halides is 3. The molecule has 0 bridgehead atoms.